The number of carbonyl (C=O) groups is 2. The summed E-state index contributed by atoms with van der Waals surface area (Å²) in [6, 6.07) is 3.90. The molecule has 1 aliphatic heterocycles. The van der Waals surface area contributed by atoms with Crippen molar-refractivity contribution in [3.05, 3.63) is 28.8 Å². The number of ether oxygens (including phenoxy) is 1. The van der Waals surface area contributed by atoms with Crippen molar-refractivity contribution in [2.45, 2.75) is 51.0 Å². The summed E-state index contributed by atoms with van der Waals surface area (Å²) in [5.74, 6) is -0.942. The molecule has 0 spiro atoms. The van der Waals surface area contributed by atoms with Crippen molar-refractivity contribution in [2.75, 3.05) is 19.7 Å². The Balaban J connectivity index is 2.09. The molecule has 0 aromatic heterocycles. The molecule has 0 bridgehead atoms. The van der Waals surface area contributed by atoms with Crippen LogP contribution in [0.3, 0.4) is 0 Å². The number of hydrogen-bond acceptors (Lipinski definition) is 5. The standard InChI is InChI=1S/C19H27ClN2O5S/c1-13(2)14(3)21-18(23)12-27-19(24)15-7-8-16(20)17(11-15)28(25,26)22-9-5-4-6-10-22/h7-8,11,13-14H,4-6,9-10,12H2,1-3H3,(H,21,23)/t14-/m1/s1. The molecule has 28 heavy (non-hydrogen) atoms. The third-order valence-corrected chi connectivity index (χ3v) is 7.20. The molecule has 9 heteroatoms. The minimum Gasteiger partial charge on any atom is -0.452 e. The van der Waals surface area contributed by atoms with E-state index in [0.29, 0.717) is 13.1 Å². The molecule has 1 amide bonds. The second-order valence-electron chi connectivity index (χ2n) is 7.29. The molecule has 1 aromatic rings. The van der Waals surface area contributed by atoms with Crippen molar-refractivity contribution in [1.82, 2.24) is 9.62 Å². The number of benzene rings is 1. The van der Waals surface area contributed by atoms with Gasteiger partial charge in [0.1, 0.15) is 4.90 Å². The third kappa shape index (κ3) is 5.68. The first-order valence-corrected chi connectivity index (χ1v) is 11.2. The fourth-order valence-electron chi connectivity index (χ4n) is 2.75. The summed E-state index contributed by atoms with van der Waals surface area (Å²) < 4.78 is 32.1. The smallest absolute Gasteiger partial charge is 0.338 e. The quantitative estimate of drug-likeness (QED) is 0.671. The van der Waals surface area contributed by atoms with Gasteiger partial charge in [0.05, 0.1) is 10.6 Å². The summed E-state index contributed by atoms with van der Waals surface area (Å²) in [5.41, 5.74) is 0.0321. The molecule has 1 atom stereocenters. The minimum absolute atomic E-state index is 0.0321. The van der Waals surface area contributed by atoms with Crippen LogP contribution in [0.4, 0.5) is 0 Å². The van der Waals surface area contributed by atoms with E-state index in [1.54, 1.807) is 0 Å². The van der Waals surface area contributed by atoms with E-state index in [9.17, 15) is 18.0 Å². The fourth-order valence-corrected chi connectivity index (χ4v) is 4.77. The summed E-state index contributed by atoms with van der Waals surface area (Å²) in [5, 5.41) is 2.78. The van der Waals surface area contributed by atoms with Crippen molar-refractivity contribution in [3.8, 4) is 0 Å². The van der Waals surface area contributed by atoms with Gasteiger partial charge in [0.15, 0.2) is 6.61 Å². The van der Waals surface area contributed by atoms with Gasteiger partial charge in [-0.2, -0.15) is 4.31 Å². The molecule has 2 rings (SSSR count). The fraction of sp³-hybridized carbons (Fsp3) is 0.579. The van der Waals surface area contributed by atoms with Crippen LogP contribution in [-0.2, 0) is 19.6 Å². The van der Waals surface area contributed by atoms with Crippen LogP contribution in [0.2, 0.25) is 5.02 Å². The van der Waals surface area contributed by atoms with E-state index in [1.165, 1.54) is 22.5 Å². The normalized spacial score (nSPS) is 16.6. The zero-order chi connectivity index (χ0) is 20.9. The molecular formula is C19H27ClN2O5S. The maximum atomic E-state index is 12.9. The van der Waals surface area contributed by atoms with E-state index in [1.807, 2.05) is 20.8 Å². The zero-order valence-corrected chi connectivity index (χ0v) is 18.0. The van der Waals surface area contributed by atoms with E-state index in [-0.39, 0.29) is 27.4 Å². The van der Waals surface area contributed by atoms with Gasteiger partial charge in [0, 0.05) is 19.1 Å². The molecule has 1 aliphatic rings. The highest BCUT2D eigenvalue weighted by Gasteiger charge is 2.29. The second kappa shape index (κ2) is 9.71. The van der Waals surface area contributed by atoms with Gasteiger partial charge in [-0.15, -0.1) is 0 Å². The van der Waals surface area contributed by atoms with Gasteiger partial charge in [0.25, 0.3) is 5.91 Å². The number of carbonyl (C=O) groups excluding carboxylic acids is 2. The molecule has 7 nitrogen and oxygen atoms in total. The average molecular weight is 431 g/mol. The maximum absolute atomic E-state index is 12.9. The van der Waals surface area contributed by atoms with Crippen LogP contribution in [0.1, 0.15) is 50.4 Å². The van der Waals surface area contributed by atoms with E-state index >= 15 is 0 Å². The van der Waals surface area contributed by atoms with E-state index in [0.717, 1.165) is 19.3 Å². The third-order valence-electron chi connectivity index (χ3n) is 4.82. The molecular weight excluding hydrogens is 404 g/mol. The topological polar surface area (TPSA) is 92.8 Å². The molecule has 0 saturated carbocycles. The van der Waals surface area contributed by atoms with Crippen LogP contribution in [0.15, 0.2) is 23.1 Å². The SMILES string of the molecule is CC(C)[C@@H](C)NC(=O)COC(=O)c1ccc(Cl)c(S(=O)(=O)N2CCCCC2)c1. The number of nitrogens with zero attached hydrogens (tertiary/aromatic N) is 1. The largest absolute Gasteiger partial charge is 0.452 e. The predicted molar refractivity (Wildman–Crippen MR) is 107 cm³/mol. The molecule has 0 radical (unpaired) electrons. The highest BCUT2D eigenvalue weighted by molar-refractivity contribution is 7.89. The monoisotopic (exact) mass is 430 g/mol. The predicted octanol–water partition coefficient (Wildman–Crippen LogP) is 2.83. The Hall–Kier alpha value is -1.64. The molecule has 1 aromatic carbocycles. The van der Waals surface area contributed by atoms with E-state index in [2.05, 4.69) is 5.32 Å². The number of piperidine rings is 1. The molecule has 0 unspecified atom stereocenters. The second-order valence-corrected chi connectivity index (χ2v) is 9.60. The lowest BCUT2D eigenvalue weighted by Gasteiger charge is -2.26. The maximum Gasteiger partial charge on any atom is 0.338 e. The highest BCUT2D eigenvalue weighted by Crippen LogP contribution is 2.28. The van der Waals surface area contributed by atoms with E-state index in [4.69, 9.17) is 16.3 Å². The van der Waals surface area contributed by atoms with Crippen LogP contribution in [-0.4, -0.2) is 50.3 Å². The summed E-state index contributed by atoms with van der Waals surface area (Å²) in [6.07, 6.45) is 2.58. The van der Waals surface area contributed by atoms with Gasteiger partial charge in [-0.3, -0.25) is 4.79 Å². The summed E-state index contributed by atoms with van der Waals surface area (Å²) >= 11 is 6.10. The Labute approximate surface area is 171 Å². The number of esters is 1. The van der Waals surface area contributed by atoms with Crippen molar-refractivity contribution in [2.24, 2.45) is 5.92 Å². The number of rotatable bonds is 7. The summed E-state index contributed by atoms with van der Waals surface area (Å²) in [6.45, 7) is 6.22. The first-order valence-electron chi connectivity index (χ1n) is 9.39. The van der Waals surface area contributed by atoms with Crippen molar-refractivity contribution in [3.63, 3.8) is 0 Å². The lowest BCUT2D eigenvalue weighted by Crippen LogP contribution is -2.38. The Morgan fingerprint density at radius 1 is 1.18 bits per heavy atom. The molecule has 1 saturated heterocycles. The molecule has 1 heterocycles. The number of amides is 1. The van der Waals surface area contributed by atoms with Crippen molar-refractivity contribution in [1.29, 1.82) is 0 Å². The van der Waals surface area contributed by atoms with Crippen LogP contribution < -0.4 is 5.32 Å². The number of halogens is 1. The Morgan fingerprint density at radius 3 is 2.43 bits per heavy atom. The van der Waals surface area contributed by atoms with Crippen LogP contribution in [0.5, 0.6) is 0 Å². The van der Waals surface area contributed by atoms with Crippen LogP contribution >= 0.6 is 11.6 Å². The first kappa shape index (κ1) is 22.6. The first-order chi connectivity index (χ1) is 13.1. The lowest BCUT2D eigenvalue weighted by molar-refractivity contribution is -0.125. The van der Waals surface area contributed by atoms with Crippen molar-refractivity contribution >= 4 is 33.5 Å². The van der Waals surface area contributed by atoms with Gasteiger partial charge < -0.3 is 10.1 Å². The van der Waals surface area contributed by atoms with Gasteiger partial charge in [0.2, 0.25) is 10.0 Å². The van der Waals surface area contributed by atoms with Crippen LogP contribution in [0.25, 0.3) is 0 Å². The minimum atomic E-state index is -3.79. The number of nitrogens with one attached hydrogen (secondary N) is 1. The summed E-state index contributed by atoms with van der Waals surface area (Å²) in [7, 11) is -3.79. The summed E-state index contributed by atoms with van der Waals surface area (Å²) in [4.78, 5) is 24.0. The number of sulfonamides is 1. The van der Waals surface area contributed by atoms with Gasteiger partial charge >= 0.3 is 5.97 Å². The Kier molecular flexibility index (Phi) is 7.86. The molecule has 156 valence electrons. The van der Waals surface area contributed by atoms with Crippen LogP contribution in [0, 0.1) is 5.92 Å². The highest BCUT2D eigenvalue weighted by atomic mass is 35.5. The van der Waals surface area contributed by atoms with Gasteiger partial charge in [-0.1, -0.05) is 31.9 Å². The lowest BCUT2D eigenvalue weighted by atomic mass is 10.1. The Bertz CT molecular complexity index is 820. The average Bonchev–Trinajstić information content (AvgIpc) is 2.66. The van der Waals surface area contributed by atoms with Crippen molar-refractivity contribution < 1.29 is 22.7 Å². The molecule has 1 N–H and O–H groups in total. The molecule has 0 aliphatic carbocycles. The number of hydrogen-bond donors (Lipinski definition) is 1. The van der Waals surface area contributed by atoms with E-state index < -0.39 is 28.5 Å². The van der Waals surface area contributed by atoms with Gasteiger partial charge in [-0.25, -0.2) is 13.2 Å². The van der Waals surface area contributed by atoms with Gasteiger partial charge in [-0.05, 0) is 43.9 Å². The zero-order valence-electron chi connectivity index (χ0n) is 16.4. The Morgan fingerprint density at radius 2 is 1.82 bits per heavy atom. The molecule has 1 fully saturated rings.